The van der Waals surface area contributed by atoms with Gasteiger partial charge >= 0.3 is 5.97 Å². The molecule has 124 valence electrons. The number of nitrogens with one attached hydrogen (secondary N) is 1. The Hall–Kier alpha value is -1.36. The van der Waals surface area contributed by atoms with E-state index in [0.29, 0.717) is 19.3 Å². The van der Waals surface area contributed by atoms with E-state index in [1.54, 1.807) is 0 Å². The minimum absolute atomic E-state index is 0.0227. The van der Waals surface area contributed by atoms with Crippen molar-refractivity contribution in [3.63, 3.8) is 0 Å². The van der Waals surface area contributed by atoms with Gasteiger partial charge in [0.1, 0.15) is 0 Å². The summed E-state index contributed by atoms with van der Waals surface area (Å²) in [6, 6.07) is 6.33. The number of carbonyl (C=O) groups excluding carboxylic acids is 1. The average molecular weight is 380 g/mol. The van der Waals surface area contributed by atoms with E-state index in [2.05, 4.69) is 33.4 Å². The van der Waals surface area contributed by atoms with Gasteiger partial charge in [0, 0.05) is 10.4 Å². The largest absolute Gasteiger partial charge is 0.481 e. The summed E-state index contributed by atoms with van der Waals surface area (Å²) in [7, 11) is 0. The molecule has 0 aliphatic heterocycles. The molecule has 0 bridgehead atoms. The first kappa shape index (κ1) is 16.5. The lowest BCUT2D eigenvalue weighted by Gasteiger charge is -2.22. The first-order chi connectivity index (χ1) is 11.0. The van der Waals surface area contributed by atoms with E-state index in [1.165, 1.54) is 11.1 Å². The quantitative estimate of drug-likeness (QED) is 0.784. The molecule has 0 spiro atoms. The molecule has 1 fully saturated rings. The van der Waals surface area contributed by atoms with Gasteiger partial charge in [0.2, 0.25) is 5.91 Å². The maximum absolute atomic E-state index is 12.6. The topological polar surface area (TPSA) is 66.4 Å². The second-order valence-electron chi connectivity index (χ2n) is 6.70. The van der Waals surface area contributed by atoms with Crippen molar-refractivity contribution < 1.29 is 14.7 Å². The van der Waals surface area contributed by atoms with E-state index < -0.39 is 5.97 Å². The van der Waals surface area contributed by atoms with E-state index in [0.717, 1.165) is 30.2 Å². The minimum Gasteiger partial charge on any atom is -0.481 e. The average Bonchev–Trinajstić information content (AvgIpc) is 2.93. The van der Waals surface area contributed by atoms with Crippen LogP contribution in [0.5, 0.6) is 0 Å². The molecule has 1 saturated carbocycles. The fourth-order valence-corrected chi connectivity index (χ4v) is 4.24. The molecule has 0 saturated heterocycles. The van der Waals surface area contributed by atoms with Crippen LogP contribution in [-0.4, -0.2) is 17.0 Å². The van der Waals surface area contributed by atoms with Crippen molar-refractivity contribution in [3.05, 3.63) is 33.8 Å². The summed E-state index contributed by atoms with van der Waals surface area (Å²) in [5.41, 5.74) is 2.52. The minimum atomic E-state index is -0.773. The Labute approximate surface area is 144 Å². The van der Waals surface area contributed by atoms with Crippen molar-refractivity contribution >= 4 is 27.8 Å². The molecule has 3 rings (SSSR count). The fraction of sp³-hybridized carbons (Fsp3) is 0.556. The maximum atomic E-state index is 12.6. The van der Waals surface area contributed by atoms with Crippen molar-refractivity contribution in [2.45, 2.75) is 51.0 Å². The highest BCUT2D eigenvalue weighted by Gasteiger charge is 2.34. The number of hydrogen-bond acceptors (Lipinski definition) is 2. The van der Waals surface area contributed by atoms with Crippen molar-refractivity contribution in [1.82, 2.24) is 5.32 Å². The number of benzene rings is 1. The second-order valence-corrected chi connectivity index (χ2v) is 7.61. The van der Waals surface area contributed by atoms with E-state index in [1.807, 2.05) is 6.07 Å². The molecule has 1 amide bonds. The van der Waals surface area contributed by atoms with Gasteiger partial charge in [-0.3, -0.25) is 9.59 Å². The number of halogens is 1. The van der Waals surface area contributed by atoms with Gasteiger partial charge in [-0.1, -0.05) is 28.4 Å². The third-order valence-corrected chi connectivity index (χ3v) is 5.63. The Morgan fingerprint density at radius 2 is 1.91 bits per heavy atom. The number of carboxylic acids is 1. The molecule has 23 heavy (non-hydrogen) atoms. The fourth-order valence-electron chi connectivity index (χ4n) is 3.83. The van der Waals surface area contributed by atoms with Crippen molar-refractivity contribution in [1.29, 1.82) is 0 Å². The number of carboxylic acid groups (broad SMARTS) is 1. The van der Waals surface area contributed by atoms with Gasteiger partial charge in [0.15, 0.2) is 0 Å². The molecular weight excluding hydrogens is 358 g/mol. The lowest BCUT2D eigenvalue weighted by molar-refractivity contribution is -0.141. The van der Waals surface area contributed by atoms with E-state index >= 15 is 0 Å². The Morgan fingerprint density at radius 3 is 2.65 bits per heavy atom. The van der Waals surface area contributed by atoms with Gasteiger partial charge in [-0.25, -0.2) is 0 Å². The number of fused-ring (bicyclic) bond motifs is 1. The zero-order valence-corrected chi connectivity index (χ0v) is 14.6. The summed E-state index contributed by atoms with van der Waals surface area (Å²) in [5.74, 6) is -1.26. The summed E-state index contributed by atoms with van der Waals surface area (Å²) >= 11 is 3.52. The van der Waals surface area contributed by atoms with E-state index in [9.17, 15) is 9.59 Å². The Bertz CT molecular complexity index is 616. The lowest BCUT2D eigenvalue weighted by atomic mass is 9.97. The number of carbonyl (C=O) groups is 2. The van der Waals surface area contributed by atoms with Gasteiger partial charge < -0.3 is 10.4 Å². The zero-order valence-electron chi connectivity index (χ0n) is 13.1. The summed E-state index contributed by atoms with van der Waals surface area (Å²) < 4.78 is 1.07. The van der Waals surface area contributed by atoms with Crippen LogP contribution in [0.4, 0.5) is 0 Å². The highest BCUT2D eigenvalue weighted by Crippen LogP contribution is 2.34. The SMILES string of the molecule is O=C(O)[C@@H]1CC[C@H](C(=O)NC2CCCCc3cc(Br)ccc32)C1. The molecule has 0 aromatic heterocycles. The Morgan fingerprint density at radius 1 is 1.13 bits per heavy atom. The number of aryl methyl sites for hydroxylation is 1. The first-order valence-electron chi connectivity index (χ1n) is 8.36. The van der Waals surface area contributed by atoms with Gasteiger partial charge in [0.25, 0.3) is 0 Å². The summed E-state index contributed by atoms with van der Waals surface area (Å²) in [6.07, 6.45) is 6.01. The number of aliphatic carboxylic acids is 1. The van der Waals surface area contributed by atoms with Gasteiger partial charge in [-0.2, -0.15) is 0 Å². The van der Waals surface area contributed by atoms with Crippen LogP contribution < -0.4 is 5.32 Å². The van der Waals surface area contributed by atoms with Gasteiger partial charge in [0.05, 0.1) is 12.0 Å². The summed E-state index contributed by atoms with van der Waals surface area (Å²) in [5, 5.41) is 12.3. The molecule has 1 unspecified atom stereocenters. The Kier molecular flexibility index (Phi) is 5.05. The highest BCUT2D eigenvalue weighted by atomic mass is 79.9. The van der Waals surface area contributed by atoms with Crippen molar-refractivity contribution in [2.75, 3.05) is 0 Å². The summed E-state index contributed by atoms with van der Waals surface area (Å²) in [4.78, 5) is 23.6. The van der Waals surface area contributed by atoms with Crippen LogP contribution in [0.2, 0.25) is 0 Å². The number of amides is 1. The van der Waals surface area contributed by atoms with Crippen molar-refractivity contribution in [3.8, 4) is 0 Å². The van der Waals surface area contributed by atoms with Crippen LogP contribution in [0.1, 0.15) is 55.7 Å². The molecule has 0 radical (unpaired) electrons. The van der Waals surface area contributed by atoms with Gasteiger partial charge in [-0.15, -0.1) is 0 Å². The van der Waals surface area contributed by atoms with Crippen LogP contribution in [0.3, 0.4) is 0 Å². The third-order valence-electron chi connectivity index (χ3n) is 5.14. The molecule has 2 aliphatic carbocycles. The smallest absolute Gasteiger partial charge is 0.306 e. The van der Waals surface area contributed by atoms with Crippen LogP contribution in [0.15, 0.2) is 22.7 Å². The molecule has 3 atom stereocenters. The zero-order chi connectivity index (χ0) is 16.4. The predicted octanol–water partition coefficient (Wildman–Crippen LogP) is 3.83. The predicted molar refractivity (Wildman–Crippen MR) is 91.0 cm³/mol. The number of rotatable bonds is 3. The van der Waals surface area contributed by atoms with Gasteiger partial charge in [-0.05, 0) is 61.8 Å². The molecule has 2 N–H and O–H groups in total. The summed E-state index contributed by atoms with van der Waals surface area (Å²) in [6.45, 7) is 0. The molecule has 5 heteroatoms. The molecule has 4 nitrogen and oxygen atoms in total. The second kappa shape index (κ2) is 7.04. The van der Waals surface area contributed by atoms with Crippen LogP contribution >= 0.6 is 15.9 Å². The Balaban J connectivity index is 1.70. The molecule has 1 aromatic rings. The first-order valence-corrected chi connectivity index (χ1v) is 9.15. The molecule has 1 aromatic carbocycles. The van der Waals surface area contributed by atoms with E-state index in [-0.39, 0.29) is 23.8 Å². The van der Waals surface area contributed by atoms with Crippen LogP contribution in [0, 0.1) is 11.8 Å². The molecule has 2 aliphatic rings. The maximum Gasteiger partial charge on any atom is 0.306 e. The highest BCUT2D eigenvalue weighted by molar-refractivity contribution is 9.10. The number of hydrogen-bond donors (Lipinski definition) is 2. The monoisotopic (exact) mass is 379 g/mol. The van der Waals surface area contributed by atoms with Crippen molar-refractivity contribution in [2.24, 2.45) is 11.8 Å². The standard InChI is InChI=1S/C18H22BrNO3/c19-14-7-8-15-11(10-14)3-1-2-4-16(15)20-17(21)12-5-6-13(9-12)18(22)23/h7-8,10,12-13,16H,1-6,9H2,(H,20,21)(H,22,23)/t12-,13+,16?/m0/s1. The third kappa shape index (κ3) is 3.77. The van der Waals surface area contributed by atoms with Crippen LogP contribution in [0.25, 0.3) is 0 Å². The van der Waals surface area contributed by atoms with E-state index in [4.69, 9.17) is 5.11 Å². The lowest BCUT2D eigenvalue weighted by Crippen LogP contribution is -2.33. The normalized spacial score (nSPS) is 27.1. The molecule has 0 heterocycles. The molecular formula is C18H22BrNO3. The van der Waals surface area contributed by atoms with Crippen LogP contribution in [-0.2, 0) is 16.0 Å².